The van der Waals surface area contributed by atoms with Crippen molar-refractivity contribution >= 4 is 29.0 Å². The lowest BCUT2D eigenvalue weighted by atomic mass is 10.1. The molecule has 0 aliphatic rings. The smallest absolute Gasteiger partial charge is 0.311 e. The van der Waals surface area contributed by atoms with Crippen molar-refractivity contribution in [1.82, 2.24) is 19.7 Å². The zero-order valence-electron chi connectivity index (χ0n) is 19.4. The lowest BCUT2D eigenvalue weighted by Crippen LogP contribution is -2.21. The highest BCUT2D eigenvalue weighted by molar-refractivity contribution is 7.99. The molecule has 1 atom stereocenters. The molecule has 1 unspecified atom stereocenters. The molecule has 0 saturated carbocycles. The van der Waals surface area contributed by atoms with Crippen LogP contribution >= 0.6 is 11.8 Å². The maximum absolute atomic E-state index is 13.5. The normalized spacial score (nSPS) is 12.0. The van der Waals surface area contributed by atoms with Gasteiger partial charge < -0.3 is 10.1 Å². The average molecular weight is 489 g/mol. The Morgan fingerprint density at radius 3 is 2.56 bits per heavy atom. The SMILES string of the molecule is COc1cc(NC(=O)CSc2nnc(C(C)N(C)C)n2-c2ccc(F)cc2)c(C)cc1[N+](=O)[O-]. The number of nitro groups is 1. The molecule has 0 aliphatic carbocycles. The fourth-order valence-corrected chi connectivity index (χ4v) is 3.90. The fourth-order valence-electron chi connectivity index (χ4n) is 3.14. The van der Waals surface area contributed by atoms with Crippen LogP contribution in [0.25, 0.3) is 5.69 Å². The molecule has 0 radical (unpaired) electrons. The van der Waals surface area contributed by atoms with Crippen LogP contribution in [0.2, 0.25) is 0 Å². The van der Waals surface area contributed by atoms with Gasteiger partial charge in [-0.05, 0) is 57.8 Å². The van der Waals surface area contributed by atoms with Crippen molar-refractivity contribution in [2.75, 3.05) is 32.3 Å². The topological polar surface area (TPSA) is 115 Å². The van der Waals surface area contributed by atoms with Crippen LogP contribution < -0.4 is 10.1 Å². The first kappa shape index (κ1) is 25.1. The second-order valence-electron chi connectivity index (χ2n) is 7.73. The predicted octanol–water partition coefficient (Wildman–Crippen LogP) is 3.99. The first-order valence-corrected chi connectivity index (χ1v) is 11.2. The summed E-state index contributed by atoms with van der Waals surface area (Å²) in [5, 5.41) is 23.0. The first-order valence-electron chi connectivity index (χ1n) is 10.3. The van der Waals surface area contributed by atoms with Crippen molar-refractivity contribution in [2.45, 2.75) is 25.0 Å². The third kappa shape index (κ3) is 5.51. The van der Waals surface area contributed by atoms with Crippen LogP contribution in [0.4, 0.5) is 15.8 Å². The molecular weight excluding hydrogens is 463 g/mol. The molecule has 0 saturated heterocycles. The number of amides is 1. The molecule has 0 fully saturated rings. The third-order valence-electron chi connectivity index (χ3n) is 5.22. The van der Waals surface area contributed by atoms with Gasteiger partial charge in [0.05, 0.1) is 23.8 Å². The number of nitrogens with zero attached hydrogens (tertiary/aromatic N) is 5. The lowest BCUT2D eigenvalue weighted by Gasteiger charge is -2.20. The minimum absolute atomic E-state index is 0.00835. The number of benzene rings is 2. The Labute approximate surface area is 200 Å². The van der Waals surface area contributed by atoms with E-state index in [0.29, 0.717) is 27.9 Å². The molecule has 2 aromatic carbocycles. The molecule has 10 nitrogen and oxygen atoms in total. The lowest BCUT2D eigenvalue weighted by molar-refractivity contribution is -0.385. The van der Waals surface area contributed by atoms with Crippen LogP contribution in [-0.4, -0.2) is 57.5 Å². The number of hydrogen-bond acceptors (Lipinski definition) is 8. The number of aromatic nitrogens is 3. The number of thioether (sulfide) groups is 1. The molecule has 0 bridgehead atoms. The summed E-state index contributed by atoms with van der Waals surface area (Å²) in [5.41, 5.74) is 1.44. The Balaban J connectivity index is 1.82. The van der Waals surface area contributed by atoms with E-state index in [-0.39, 0.29) is 35.0 Å². The zero-order chi connectivity index (χ0) is 25.0. The monoisotopic (exact) mass is 488 g/mol. The quantitative estimate of drug-likeness (QED) is 0.273. The van der Waals surface area contributed by atoms with Gasteiger partial charge in [-0.3, -0.25) is 24.4 Å². The number of methoxy groups -OCH3 is 1. The zero-order valence-corrected chi connectivity index (χ0v) is 20.2. The van der Waals surface area contributed by atoms with E-state index in [9.17, 15) is 19.3 Å². The van der Waals surface area contributed by atoms with E-state index in [0.717, 1.165) is 0 Å². The number of anilines is 1. The number of nitrogens with one attached hydrogen (secondary N) is 1. The van der Waals surface area contributed by atoms with Crippen molar-refractivity contribution < 1.29 is 18.8 Å². The molecule has 1 N–H and O–H groups in total. The summed E-state index contributed by atoms with van der Waals surface area (Å²) in [5.74, 6) is 0.0165. The number of aryl methyl sites for hydroxylation is 1. The summed E-state index contributed by atoms with van der Waals surface area (Å²) in [6.07, 6.45) is 0. The van der Waals surface area contributed by atoms with Crippen LogP contribution in [-0.2, 0) is 4.79 Å². The standard InChI is InChI=1S/C22H25FN6O4S/c1-13-10-18(29(31)32)19(33-5)11-17(13)24-20(30)12-34-22-26-25-21(14(2)27(3)4)28(22)16-8-6-15(23)7-9-16/h6-11,14H,12H2,1-5H3,(H,24,30). The second kappa shape index (κ2) is 10.6. The summed E-state index contributed by atoms with van der Waals surface area (Å²) in [6.45, 7) is 3.63. The Kier molecular flexibility index (Phi) is 7.84. The molecule has 3 aromatic rings. The van der Waals surface area contributed by atoms with Crippen LogP contribution in [0, 0.1) is 22.9 Å². The average Bonchev–Trinajstić information content (AvgIpc) is 3.22. The molecule has 34 heavy (non-hydrogen) atoms. The third-order valence-corrected chi connectivity index (χ3v) is 6.15. The predicted molar refractivity (Wildman–Crippen MR) is 127 cm³/mol. The highest BCUT2D eigenvalue weighted by Gasteiger charge is 2.22. The maximum Gasteiger partial charge on any atom is 0.311 e. The maximum atomic E-state index is 13.5. The molecule has 1 amide bonds. The van der Waals surface area contributed by atoms with Gasteiger partial charge >= 0.3 is 5.69 Å². The molecule has 1 heterocycles. The van der Waals surface area contributed by atoms with E-state index in [2.05, 4.69) is 15.5 Å². The van der Waals surface area contributed by atoms with Crippen molar-refractivity contribution in [3.8, 4) is 11.4 Å². The summed E-state index contributed by atoms with van der Waals surface area (Å²) in [6, 6.07) is 8.64. The van der Waals surface area contributed by atoms with Gasteiger partial charge in [0, 0.05) is 23.5 Å². The molecular formula is C22H25FN6O4S. The Hall–Kier alpha value is -3.51. The van der Waals surface area contributed by atoms with Crippen LogP contribution in [0.5, 0.6) is 5.75 Å². The van der Waals surface area contributed by atoms with Crippen molar-refractivity contribution in [1.29, 1.82) is 0 Å². The summed E-state index contributed by atoms with van der Waals surface area (Å²) in [7, 11) is 5.15. The van der Waals surface area contributed by atoms with Gasteiger partial charge in [-0.15, -0.1) is 10.2 Å². The van der Waals surface area contributed by atoms with Crippen LogP contribution in [0.3, 0.4) is 0 Å². The molecule has 1 aromatic heterocycles. The summed E-state index contributed by atoms with van der Waals surface area (Å²) >= 11 is 1.17. The number of ether oxygens (including phenoxy) is 1. The van der Waals surface area contributed by atoms with Gasteiger partial charge in [-0.25, -0.2) is 4.39 Å². The number of nitro benzene ring substituents is 1. The molecule has 3 rings (SSSR count). The van der Waals surface area contributed by atoms with Crippen LogP contribution in [0.15, 0.2) is 41.6 Å². The molecule has 0 aliphatic heterocycles. The number of hydrogen-bond donors (Lipinski definition) is 1. The Morgan fingerprint density at radius 2 is 1.97 bits per heavy atom. The highest BCUT2D eigenvalue weighted by atomic mass is 32.2. The summed E-state index contributed by atoms with van der Waals surface area (Å²) in [4.78, 5) is 25.3. The van der Waals surface area contributed by atoms with Crippen LogP contribution in [0.1, 0.15) is 24.4 Å². The van der Waals surface area contributed by atoms with Gasteiger partial charge in [0.25, 0.3) is 0 Å². The number of carbonyl (C=O) groups is 1. The summed E-state index contributed by atoms with van der Waals surface area (Å²) < 4.78 is 20.4. The van der Waals surface area contributed by atoms with E-state index in [1.54, 1.807) is 23.6 Å². The molecule has 0 spiro atoms. The van der Waals surface area contributed by atoms with Crippen molar-refractivity contribution in [2.24, 2.45) is 0 Å². The van der Waals surface area contributed by atoms with Gasteiger partial charge in [-0.2, -0.15) is 0 Å². The van der Waals surface area contributed by atoms with E-state index in [1.807, 2.05) is 25.9 Å². The largest absolute Gasteiger partial charge is 0.490 e. The Bertz CT molecular complexity index is 1200. The second-order valence-corrected chi connectivity index (χ2v) is 8.67. The first-order chi connectivity index (χ1) is 16.1. The van der Waals surface area contributed by atoms with Gasteiger partial charge in [0.2, 0.25) is 5.91 Å². The van der Waals surface area contributed by atoms with E-state index in [1.165, 1.54) is 43.1 Å². The van der Waals surface area contributed by atoms with E-state index in [4.69, 9.17) is 4.74 Å². The molecule has 12 heteroatoms. The fraction of sp³-hybridized carbons (Fsp3) is 0.318. The molecule has 180 valence electrons. The van der Waals surface area contributed by atoms with Crippen molar-refractivity contribution in [3.05, 3.63) is 63.7 Å². The number of halogens is 1. The minimum Gasteiger partial charge on any atom is -0.490 e. The van der Waals surface area contributed by atoms with Gasteiger partial charge in [-0.1, -0.05) is 11.8 Å². The van der Waals surface area contributed by atoms with E-state index < -0.39 is 4.92 Å². The van der Waals surface area contributed by atoms with Gasteiger partial charge in [0.1, 0.15) is 5.82 Å². The van der Waals surface area contributed by atoms with E-state index >= 15 is 0 Å². The minimum atomic E-state index is -0.540. The Morgan fingerprint density at radius 1 is 1.29 bits per heavy atom. The number of rotatable bonds is 9. The highest BCUT2D eigenvalue weighted by Crippen LogP contribution is 2.33. The van der Waals surface area contributed by atoms with Gasteiger partial charge in [0.15, 0.2) is 16.7 Å². The van der Waals surface area contributed by atoms with Crippen molar-refractivity contribution in [3.63, 3.8) is 0 Å². The number of carbonyl (C=O) groups excluding carboxylic acids is 1.